The Hall–Kier alpha value is -1.12. The molecule has 0 saturated heterocycles. The van der Waals surface area contributed by atoms with E-state index in [0.717, 1.165) is 25.0 Å². The Morgan fingerprint density at radius 2 is 2.07 bits per heavy atom. The largest absolute Gasteiger partial charge is 0.312 e. The highest BCUT2D eigenvalue weighted by Gasteiger charge is 2.16. The minimum absolute atomic E-state index is 0.649. The van der Waals surface area contributed by atoms with E-state index in [9.17, 15) is 0 Å². The standard InChI is InChI=1S/C12H11ClN2/c13-12-10-7-14-6-5-8(10)9-3-1-2-4-11(9)15-12/h1-4,14H,5-7H2. The molecule has 0 bridgehead atoms. The summed E-state index contributed by atoms with van der Waals surface area (Å²) >= 11 is 6.17. The minimum atomic E-state index is 0.649. The van der Waals surface area contributed by atoms with E-state index in [-0.39, 0.29) is 0 Å². The fraction of sp³-hybridized carbons (Fsp3) is 0.250. The number of nitrogens with one attached hydrogen (secondary N) is 1. The first-order chi connectivity index (χ1) is 7.36. The average molecular weight is 219 g/mol. The van der Waals surface area contributed by atoms with Crippen molar-refractivity contribution in [1.82, 2.24) is 10.3 Å². The number of hydrogen-bond acceptors (Lipinski definition) is 2. The van der Waals surface area contributed by atoms with Gasteiger partial charge in [0.25, 0.3) is 0 Å². The van der Waals surface area contributed by atoms with Crippen molar-refractivity contribution in [2.45, 2.75) is 13.0 Å². The number of para-hydroxylation sites is 1. The molecule has 0 fully saturated rings. The van der Waals surface area contributed by atoms with Crippen molar-refractivity contribution < 1.29 is 0 Å². The van der Waals surface area contributed by atoms with E-state index in [1.165, 1.54) is 16.5 Å². The van der Waals surface area contributed by atoms with Crippen LogP contribution in [0.4, 0.5) is 0 Å². The van der Waals surface area contributed by atoms with Crippen LogP contribution < -0.4 is 5.32 Å². The molecule has 0 spiro atoms. The van der Waals surface area contributed by atoms with Gasteiger partial charge in [-0.3, -0.25) is 0 Å². The molecule has 1 N–H and O–H groups in total. The number of rotatable bonds is 0. The molecule has 2 aromatic rings. The molecule has 0 saturated carbocycles. The van der Waals surface area contributed by atoms with E-state index in [0.29, 0.717) is 5.15 Å². The molecule has 0 unspecified atom stereocenters. The zero-order valence-corrected chi connectivity index (χ0v) is 9.01. The smallest absolute Gasteiger partial charge is 0.134 e. The first-order valence-corrected chi connectivity index (χ1v) is 5.51. The molecule has 1 aliphatic rings. The molecule has 0 atom stereocenters. The fourth-order valence-corrected chi connectivity index (χ4v) is 2.45. The molecular weight excluding hydrogens is 208 g/mol. The topological polar surface area (TPSA) is 24.9 Å². The lowest BCUT2D eigenvalue weighted by atomic mass is 9.98. The maximum absolute atomic E-state index is 6.17. The van der Waals surface area contributed by atoms with Crippen LogP contribution in [0, 0.1) is 0 Å². The third-order valence-electron chi connectivity index (χ3n) is 2.91. The maximum Gasteiger partial charge on any atom is 0.134 e. The van der Waals surface area contributed by atoms with E-state index >= 15 is 0 Å². The van der Waals surface area contributed by atoms with Gasteiger partial charge in [-0.05, 0) is 24.6 Å². The molecule has 2 nitrogen and oxygen atoms in total. The Morgan fingerprint density at radius 3 is 3.00 bits per heavy atom. The molecule has 3 heteroatoms. The summed E-state index contributed by atoms with van der Waals surface area (Å²) in [6.07, 6.45) is 1.04. The minimum Gasteiger partial charge on any atom is -0.312 e. The van der Waals surface area contributed by atoms with Gasteiger partial charge in [-0.1, -0.05) is 29.8 Å². The summed E-state index contributed by atoms with van der Waals surface area (Å²) in [6.45, 7) is 1.86. The Labute approximate surface area is 93.3 Å². The molecule has 0 radical (unpaired) electrons. The fourth-order valence-electron chi connectivity index (χ4n) is 2.18. The number of fused-ring (bicyclic) bond motifs is 3. The Balaban J connectivity index is 2.39. The van der Waals surface area contributed by atoms with Gasteiger partial charge in [-0.2, -0.15) is 0 Å². The molecule has 3 rings (SSSR count). The van der Waals surface area contributed by atoms with Crippen LogP contribution in [-0.2, 0) is 13.0 Å². The zero-order valence-electron chi connectivity index (χ0n) is 8.26. The van der Waals surface area contributed by atoms with Crippen LogP contribution in [0.3, 0.4) is 0 Å². The molecule has 0 amide bonds. The van der Waals surface area contributed by atoms with E-state index in [2.05, 4.69) is 22.4 Å². The molecular formula is C12H11ClN2. The van der Waals surface area contributed by atoms with Gasteiger partial charge in [0.15, 0.2) is 0 Å². The van der Waals surface area contributed by atoms with E-state index in [4.69, 9.17) is 11.6 Å². The third-order valence-corrected chi connectivity index (χ3v) is 3.23. The van der Waals surface area contributed by atoms with Crippen molar-refractivity contribution >= 4 is 22.5 Å². The van der Waals surface area contributed by atoms with E-state index in [1.54, 1.807) is 0 Å². The Kier molecular flexibility index (Phi) is 2.11. The highest BCUT2D eigenvalue weighted by Crippen LogP contribution is 2.28. The lowest BCUT2D eigenvalue weighted by molar-refractivity contribution is 0.645. The predicted molar refractivity (Wildman–Crippen MR) is 62.2 cm³/mol. The van der Waals surface area contributed by atoms with Crippen molar-refractivity contribution in [2.75, 3.05) is 6.54 Å². The third kappa shape index (κ3) is 1.41. The molecule has 2 heterocycles. The van der Waals surface area contributed by atoms with E-state index in [1.807, 2.05) is 12.1 Å². The second-order valence-electron chi connectivity index (χ2n) is 3.80. The number of nitrogens with zero attached hydrogens (tertiary/aromatic N) is 1. The number of pyridine rings is 1. The summed E-state index contributed by atoms with van der Waals surface area (Å²) in [5.41, 5.74) is 3.54. The van der Waals surface area contributed by atoms with Crippen LogP contribution in [0.25, 0.3) is 10.9 Å². The quantitative estimate of drug-likeness (QED) is 0.688. The predicted octanol–water partition coefficient (Wildman–Crippen LogP) is 2.53. The van der Waals surface area contributed by atoms with Crippen molar-refractivity contribution in [3.05, 3.63) is 40.5 Å². The summed E-state index contributed by atoms with van der Waals surface area (Å²) < 4.78 is 0. The van der Waals surface area contributed by atoms with Crippen LogP contribution in [0.1, 0.15) is 11.1 Å². The number of benzene rings is 1. The zero-order chi connectivity index (χ0) is 10.3. The second-order valence-corrected chi connectivity index (χ2v) is 4.16. The molecule has 1 aliphatic heterocycles. The normalized spacial score (nSPS) is 15.3. The molecule has 15 heavy (non-hydrogen) atoms. The van der Waals surface area contributed by atoms with E-state index < -0.39 is 0 Å². The van der Waals surface area contributed by atoms with Crippen LogP contribution >= 0.6 is 11.6 Å². The summed E-state index contributed by atoms with van der Waals surface area (Å²) in [5.74, 6) is 0. The van der Waals surface area contributed by atoms with Gasteiger partial charge < -0.3 is 5.32 Å². The Bertz CT molecular complexity index is 522. The average Bonchev–Trinajstić information content (AvgIpc) is 2.30. The van der Waals surface area contributed by atoms with Crippen molar-refractivity contribution in [2.24, 2.45) is 0 Å². The van der Waals surface area contributed by atoms with Gasteiger partial charge in [0.1, 0.15) is 5.15 Å². The first kappa shape index (κ1) is 9.13. The molecule has 1 aromatic carbocycles. The highest BCUT2D eigenvalue weighted by molar-refractivity contribution is 6.30. The summed E-state index contributed by atoms with van der Waals surface area (Å²) in [6, 6.07) is 8.20. The maximum atomic E-state index is 6.17. The second kappa shape index (κ2) is 3.47. The monoisotopic (exact) mass is 218 g/mol. The van der Waals surface area contributed by atoms with Gasteiger partial charge in [-0.15, -0.1) is 0 Å². The van der Waals surface area contributed by atoms with Gasteiger partial charge in [0, 0.05) is 17.5 Å². The summed E-state index contributed by atoms with van der Waals surface area (Å²) in [5, 5.41) is 5.22. The van der Waals surface area contributed by atoms with Gasteiger partial charge in [0.05, 0.1) is 5.52 Å². The molecule has 76 valence electrons. The van der Waals surface area contributed by atoms with Crippen molar-refractivity contribution in [1.29, 1.82) is 0 Å². The van der Waals surface area contributed by atoms with Crippen LogP contribution in [0.2, 0.25) is 5.15 Å². The number of aromatic nitrogens is 1. The van der Waals surface area contributed by atoms with Crippen LogP contribution in [0.5, 0.6) is 0 Å². The summed E-state index contributed by atoms with van der Waals surface area (Å²) in [4.78, 5) is 4.41. The summed E-state index contributed by atoms with van der Waals surface area (Å²) in [7, 11) is 0. The van der Waals surface area contributed by atoms with Crippen LogP contribution in [-0.4, -0.2) is 11.5 Å². The molecule has 0 aliphatic carbocycles. The number of hydrogen-bond donors (Lipinski definition) is 1. The lowest BCUT2D eigenvalue weighted by Gasteiger charge is -2.19. The highest BCUT2D eigenvalue weighted by atomic mass is 35.5. The molecule has 1 aromatic heterocycles. The van der Waals surface area contributed by atoms with Gasteiger partial charge in [0.2, 0.25) is 0 Å². The van der Waals surface area contributed by atoms with Crippen molar-refractivity contribution in [3.63, 3.8) is 0 Å². The van der Waals surface area contributed by atoms with Crippen LogP contribution in [0.15, 0.2) is 24.3 Å². The Morgan fingerprint density at radius 1 is 1.20 bits per heavy atom. The SMILES string of the molecule is Clc1nc2ccccc2c2c1CNCC2. The van der Waals surface area contributed by atoms with Gasteiger partial charge >= 0.3 is 0 Å². The first-order valence-electron chi connectivity index (χ1n) is 5.13. The van der Waals surface area contributed by atoms with Crippen molar-refractivity contribution in [3.8, 4) is 0 Å². The lowest BCUT2D eigenvalue weighted by Crippen LogP contribution is -2.24. The number of halogens is 1. The van der Waals surface area contributed by atoms with Gasteiger partial charge in [-0.25, -0.2) is 4.98 Å².